The van der Waals surface area contributed by atoms with Crippen LogP contribution in [0.3, 0.4) is 0 Å². The fourth-order valence-corrected chi connectivity index (χ4v) is 1.97. The minimum atomic E-state index is -4.36. The molecule has 0 aliphatic carbocycles. The first-order valence-electron chi connectivity index (χ1n) is 6.54. The minimum absolute atomic E-state index is 0.0364. The van der Waals surface area contributed by atoms with Gasteiger partial charge in [0.05, 0.1) is 0 Å². The highest BCUT2D eigenvalue weighted by atomic mass is 19.4. The molecule has 0 radical (unpaired) electrons. The Labute approximate surface area is 120 Å². The number of carbonyl (C=O) groups excluding carboxylic acids is 1. The average molecular weight is 296 g/mol. The van der Waals surface area contributed by atoms with E-state index in [2.05, 4.69) is 0 Å². The van der Waals surface area contributed by atoms with Crippen LogP contribution in [0.4, 0.5) is 13.2 Å². The highest BCUT2D eigenvalue weighted by Gasteiger charge is 2.28. The molecular weight excluding hydrogens is 281 g/mol. The van der Waals surface area contributed by atoms with Gasteiger partial charge in [0.15, 0.2) is 12.4 Å². The third kappa shape index (κ3) is 3.97. The van der Waals surface area contributed by atoms with Crippen LogP contribution in [-0.4, -0.2) is 18.6 Å². The van der Waals surface area contributed by atoms with Gasteiger partial charge in [-0.15, -0.1) is 0 Å². The van der Waals surface area contributed by atoms with Gasteiger partial charge in [0.2, 0.25) is 0 Å². The summed E-state index contributed by atoms with van der Waals surface area (Å²) in [6.45, 7) is 2.32. The van der Waals surface area contributed by atoms with Gasteiger partial charge < -0.3 is 4.74 Å². The van der Waals surface area contributed by atoms with Crippen LogP contribution in [0, 0.1) is 5.92 Å². The number of rotatable bonds is 4. The van der Waals surface area contributed by atoms with Crippen molar-refractivity contribution in [2.45, 2.75) is 20.0 Å². The van der Waals surface area contributed by atoms with Gasteiger partial charge in [0.1, 0.15) is 5.75 Å². The third-order valence-corrected chi connectivity index (χ3v) is 3.02. The second kappa shape index (κ2) is 5.76. The van der Waals surface area contributed by atoms with Crippen molar-refractivity contribution >= 4 is 16.6 Å². The summed E-state index contributed by atoms with van der Waals surface area (Å²) in [5.74, 6) is 0.0916. The van der Waals surface area contributed by atoms with Gasteiger partial charge in [-0.25, -0.2) is 0 Å². The number of Topliss-reactive ketones (excluding diaryl/α,β-unsaturated/α-hetero) is 1. The zero-order valence-electron chi connectivity index (χ0n) is 11.7. The maximum absolute atomic E-state index is 12.1. The molecule has 0 aromatic heterocycles. The Balaban J connectivity index is 2.25. The molecule has 2 nitrogen and oxygen atoms in total. The van der Waals surface area contributed by atoms with E-state index in [1.165, 1.54) is 12.1 Å². The molecule has 0 amide bonds. The number of fused-ring (bicyclic) bond motifs is 1. The molecule has 0 fully saturated rings. The summed E-state index contributed by atoms with van der Waals surface area (Å²) >= 11 is 0. The van der Waals surface area contributed by atoms with Gasteiger partial charge in [-0.3, -0.25) is 4.79 Å². The lowest BCUT2D eigenvalue weighted by molar-refractivity contribution is -0.153. The van der Waals surface area contributed by atoms with Crippen LogP contribution in [0.2, 0.25) is 0 Å². The summed E-state index contributed by atoms with van der Waals surface area (Å²) in [6.07, 6.45) is -4.36. The Hall–Kier alpha value is -2.04. The van der Waals surface area contributed by atoms with E-state index in [0.717, 1.165) is 10.8 Å². The van der Waals surface area contributed by atoms with Crippen molar-refractivity contribution < 1.29 is 22.7 Å². The molecule has 0 saturated heterocycles. The molecule has 0 unspecified atom stereocenters. The van der Waals surface area contributed by atoms with Gasteiger partial charge in [-0.05, 0) is 29.0 Å². The van der Waals surface area contributed by atoms with Gasteiger partial charge >= 0.3 is 6.18 Å². The van der Waals surface area contributed by atoms with Crippen LogP contribution in [0.5, 0.6) is 5.75 Å². The van der Waals surface area contributed by atoms with Crippen molar-refractivity contribution in [1.82, 2.24) is 0 Å². The first kappa shape index (κ1) is 15.4. The molecule has 0 atom stereocenters. The zero-order valence-corrected chi connectivity index (χ0v) is 11.7. The van der Waals surface area contributed by atoms with Crippen molar-refractivity contribution in [2.75, 3.05) is 6.61 Å². The quantitative estimate of drug-likeness (QED) is 0.770. The van der Waals surface area contributed by atoms with E-state index in [1.54, 1.807) is 24.3 Å². The first-order valence-corrected chi connectivity index (χ1v) is 6.54. The molecule has 0 spiro atoms. The largest absolute Gasteiger partial charge is 0.484 e. The van der Waals surface area contributed by atoms with E-state index in [0.29, 0.717) is 5.56 Å². The van der Waals surface area contributed by atoms with Crippen molar-refractivity contribution in [1.29, 1.82) is 0 Å². The smallest absolute Gasteiger partial charge is 0.422 e. The van der Waals surface area contributed by atoms with Gasteiger partial charge in [0, 0.05) is 11.5 Å². The maximum Gasteiger partial charge on any atom is 0.422 e. The van der Waals surface area contributed by atoms with E-state index in [9.17, 15) is 18.0 Å². The standard InChI is InChI=1S/C16H15F3O2/c1-10(2)15(20)13-4-3-12-8-14(6-5-11(12)7-13)21-9-16(17,18)19/h3-8,10H,9H2,1-2H3. The molecule has 2 aromatic carbocycles. The number of benzene rings is 2. The lowest BCUT2D eigenvalue weighted by Gasteiger charge is -2.10. The SMILES string of the molecule is CC(C)C(=O)c1ccc2cc(OCC(F)(F)F)ccc2c1. The molecule has 0 saturated carbocycles. The van der Waals surface area contributed by atoms with Crippen molar-refractivity contribution in [3.63, 3.8) is 0 Å². The lowest BCUT2D eigenvalue weighted by atomic mass is 9.98. The highest BCUT2D eigenvalue weighted by molar-refractivity contribution is 6.01. The Morgan fingerprint density at radius 3 is 2.33 bits per heavy atom. The number of halogens is 3. The molecule has 0 bridgehead atoms. The summed E-state index contributed by atoms with van der Waals surface area (Å²) in [6, 6.07) is 9.79. The van der Waals surface area contributed by atoms with Crippen LogP contribution in [0.25, 0.3) is 10.8 Å². The van der Waals surface area contributed by atoms with Gasteiger partial charge in [-0.1, -0.05) is 32.0 Å². The number of ketones is 1. The van der Waals surface area contributed by atoms with E-state index in [4.69, 9.17) is 4.74 Å². The average Bonchev–Trinajstić information content (AvgIpc) is 2.42. The number of ether oxygens (including phenoxy) is 1. The van der Waals surface area contributed by atoms with Crippen molar-refractivity contribution in [3.05, 3.63) is 42.0 Å². The molecule has 0 N–H and O–H groups in total. The number of alkyl halides is 3. The Morgan fingerprint density at radius 1 is 1.10 bits per heavy atom. The second-order valence-corrected chi connectivity index (χ2v) is 5.15. The lowest BCUT2D eigenvalue weighted by Crippen LogP contribution is -2.19. The van der Waals surface area contributed by atoms with Crippen LogP contribution in [0.1, 0.15) is 24.2 Å². The zero-order chi connectivity index (χ0) is 15.6. The van der Waals surface area contributed by atoms with Crippen molar-refractivity contribution in [2.24, 2.45) is 5.92 Å². The Bertz CT molecular complexity index is 660. The minimum Gasteiger partial charge on any atom is -0.484 e. The molecule has 112 valence electrons. The first-order chi connectivity index (χ1) is 9.76. The fraction of sp³-hybridized carbons (Fsp3) is 0.312. The van der Waals surface area contributed by atoms with E-state index in [-0.39, 0.29) is 17.5 Å². The Morgan fingerprint density at radius 2 is 1.71 bits per heavy atom. The van der Waals surface area contributed by atoms with Crippen LogP contribution < -0.4 is 4.74 Å². The summed E-state index contributed by atoms with van der Waals surface area (Å²) < 4.78 is 41.0. The topological polar surface area (TPSA) is 26.3 Å². The maximum atomic E-state index is 12.1. The normalized spacial score (nSPS) is 11.9. The summed E-state index contributed by atoms with van der Waals surface area (Å²) in [5.41, 5.74) is 0.599. The monoisotopic (exact) mass is 296 g/mol. The van der Waals surface area contributed by atoms with E-state index < -0.39 is 12.8 Å². The molecule has 21 heavy (non-hydrogen) atoms. The second-order valence-electron chi connectivity index (χ2n) is 5.15. The highest BCUT2D eigenvalue weighted by Crippen LogP contribution is 2.25. The molecule has 0 heterocycles. The molecule has 2 aromatic rings. The number of carbonyl (C=O) groups is 1. The predicted molar refractivity (Wildman–Crippen MR) is 74.7 cm³/mol. The molecule has 0 aliphatic rings. The fourth-order valence-electron chi connectivity index (χ4n) is 1.97. The molecule has 5 heteroatoms. The van der Waals surface area contributed by atoms with Crippen molar-refractivity contribution in [3.8, 4) is 5.75 Å². The van der Waals surface area contributed by atoms with Crippen LogP contribution in [0.15, 0.2) is 36.4 Å². The van der Waals surface area contributed by atoms with Crippen LogP contribution >= 0.6 is 0 Å². The molecule has 0 aliphatic heterocycles. The summed E-state index contributed by atoms with van der Waals surface area (Å²) in [4.78, 5) is 11.9. The number of hydrogen-bond acceptors (Lipinski definition) is 2. The summed E-state index contributed by atoms with van der Waals surface area (Å²) in [7, 11) is 0. The third-order valence-electron chi connectivity index (χ3n) is 3.02. The van der Waals surface area contributed by atoms with Crippen LogP contribution in [-0.2, 0) is 0 Å². The van der Waals surface area contributed by atoms with E-state index >= 15 is 0 Å². The van der Waals surface area contributed by atoms with Gasteiger partial charge in [-0.2, -0.15) is 13.2 Å². The van der Waals surface area contributed by atoms with Gasteiger partial charge in [0.25, 0.3) is 0 Å². The Kier molecular flexibility index (Phi) is 4.21. The summed E-state index contributed by atoms with van der Waals surface area (Å²) in [5, 5.41) is 1.52. The van der Waals surface area contributed by atoms with E-state index in [1.807, 2.05) is 13.8 Å². The molecule has 2 rings (SSSR count). The predicted octanol–water partition coefficient (Wildman–Crippen LogP) is 4.62. The molecular formula is C16H15F3O2. The number of hydrogen-bond donors (Lipinski definition) is 0.